The Labute approximate surface area is 102 Å². The van der Waals surface area contributed by atoms with Crippen LogP contribution < -0.4 is 10.5 Å². The molecule has 0 aliphatic carbocycles. The van der Waals surface area contributed by atoms with Gasteiger partial charge in [-0.25, -0.2) is 0 Å². The first kappa shape index (κ1) is 13.3. The van der Waals surface area contributed by atoms with Gasteiger partial charge < -0.3 is 15.2 Å². The van der Waals surface area contributed by atoms with Crippen molar-refractivity contribution in [2.75, 3.05) is 19.5 Å². The molecule has 0 aromatic heterocycles. The van der Waals surface area contributed by atoms with Gasteiger partial charge in [-0.15, -0.1) is 0 Å². The largest absolute Gasteiger partial charge is 0.493 e. The number of rotatable bonds is 5. The van der Waals surface area contributed by atoms with E-state index in [1.54, 1.807) is 25.3 Å². The molecule has 17 heavy (non-hydrogen) atoms. The third kappa shape index (κ3) is 3.97. The van der Waals surface area contributed by atoms with E-state index < -0.39 is 0 Å². The minimum Gasteiger partial charge on any atom is -0.493 e. The number of hydrogen-bond donors (Lipinski definition) is 1. The summed E-state index contributed by atoms with van der Waals surface area (Å²) in [6.07, 6.45) is 0.774. The fraction of sp³-hybridized carbons (Fsp3) is 0.462. The molecule has 0 unspecified atom stereocenters. The molecule has 1 aromatic rings. The molecule has 4 nitrogen and oxygen atoms in total. The number of ether oxygens (including phenoxy) is 2. The van der Waals surface area contributed by atoms with Gasteiger partial charge >= 0.3 is 0 Å². The first-order chi connectivity index (χ1) is 7.98. The molecule has 0 aliphatic heterocycles. The van der Waals surface area contributed by atoms with Crippen molar-refractivity contribution in [3.8, 4) is 11.8 Å². The second-order valence-corrected chi connectivity index (χ2v) is 4.42. The third-order valence-electron chi connectivity index (χ3n) is 2.67. The summed E-state index contributed by atoms with van der Waals surface area (Å²) in [6, 6.07) is 7.11. The first-order valence-electron chi connectivity index (χ1n) is 5.46. The highest BCUT2D eigenvalue weighted by molar-refractivity contribution is 5.56. The molecule has 0 heterocycles. The Morgan fingerprint density at radius 1 is 1.41 bits per heavy atom. The monoisotopic (exact) mass is 234 g/mol. The molecular weight excluding hydrogens is 216 g/mol. The van der Waals surface area contributed by atoms with Gasteiger partial charge in [0, 0.05) is 19.2 Å². The van der Waals surface area contributed by atoms with Gasteiger partial charge in [-0.3, -0.25) is 0 Å². The average molecular weight is 234 g/mol. The van der Waals surface area contributed by atoms with Crippen LogP contribution in [0.5, 0.6) is 5.75 Å². The Morgan fingerprint density at radius 2 is 2.12 bits per heavy atom. The number of benzene rings is 1. The van der Waals surface area contributed by atoms with Crippen LogP contribution in [0, 0.1) is 11.3 Å². The number of methoxy groups -OCH3 is 1. The second kappa shape index (κ2) is 5.55. The number of anilines is 1. The van der Waals surface area contributed by atoms with Crippen LogP contribution in [0.15, 0.2) is 18.2 Å². The zero-order chi connectivity index (χ0) is 12.9. The quantitative estimate of drug-likeness (QED) is 0.794. The van der Waals surface area contributed by atoms with Crippen molar-refractivity contribution in [2.45, 2.75) is 25.9 Å². The van der Waals surface area contributed by atoms with E-state index in [4.69, 9.17) is 20.5 Å². The molecular formula is C13H18N2O2. The molecule has 0 saturated heterocycles. The topological polar surface area (TPSA) is 68.3 Å². The molecule has 0 fully saturated rings. The lowest BCUT2D eigenvalue weighted by Gasteiger charge is -2.22. The molecule has 0 bridgehead atoms. The molecule has 0 aliphatic rings. The van der Waals surface area contributed by atoms with E-state index in [-0.39, 0.29) is 5.60 Å². The normalized spacial score (nSPS) is 10.9. The lowest BCUT2D eigenvalue weighted by molar-refractivity contribution is 0.00546. The summed E-state index contributed by atoms with van der Waals surface area (Å²) >= 11 is 0. The molecule has 0 radical (unpaired) electrons. The van der Waals surface area contributed by atoms with E-state index in [1.165, 1.54) is 0 Å². The summed E-state index contributed by atoms with van der Waals surface area (Å²) in [7, 11) is 1.68. The van der Waals surface area contributed by atoms with Crippen LogP contribution in [0.1, 0.15) is 25.8 Å². The maximum absolute atomic E-state index is 8.83. The van der Waals surface area contributed by atoms with Gasteiger partial charge in [0.05, 0.1) is 17.8 Å². The minimum atomic E-state index is -0.203. The molecule has 92 valence electrons. The molecule has 1 aromatic carbocycles. The highest BCUT2D eigenvalue weighted by Gasteiger charge is 2.16. The Hall–Kier alpha value is -1.73. The van der Waals surface area contributed by atoms with E-state index in [9.17, 15) is 0 Å². The molecule has 0 spiro atoms. The predicted octanol–water partition coefficient (Wildman–Crippen LogP) is 2.33. The summed E-state index contributed by atoms with van der Waals surface area (Å²) in [5, 5.41) is 8.83. The van der Waals surface area contributed by atoms with Crippen molar-refractivity contribution < 1.29 is 9.47 Å². The number of nitrogens with zero attached hydrogens (tertiary/aromatic N) is 1. The maximum Gasteiger partial charge on any atom is 0.120 e. The highest BCUT2D eigenvalue weighted by Crippen LogP contribution is 2.20. The fourth-order valence-corrected chi connectivity index (χ4v) is 1.24. The minimum absolute atomic E-state index is 0.203. The van der Waals surface area contributed by atoms with E-state index in [2.05, 4.69) is 0 Å². The zero-order valence-corrected chi connectivity index (χ0v) is 10.5. The van der Waals surface area contributed by atoms with Crippen LogP contribution in [0.4, 0.5) is 5.69 Å². The Morgan fingerprint density at radius 3 is 2.71 bits per heavy atom. The Bertz CT molecular complexity index is 422. The van der Waals surface area contributed by atoms with Gasteiger partial charge in [0.15, 0.2) is 0 Å². The summed E-state index contributed by atoms with van der Waals surface area (Å²) < 4.78 is 10.8. The van der Waals surface area contributed by atoms with Crippen molar-refractivity contribution >= 4 is 5.69 Å². The second-order valence-electron chi connectivity index (χ2n) is 4.42. The summed E-state index contributed by atoms with van der Waals surface area (Å²) in [4.78, 5) is 0. The molecule has 4 heteroatoms. The van der Waals surface area contributed by atoms with Crippen LogP contribution in [0.2, 0.25) is 0 Å². The lowest BCUT2D eigenvalue weighted by atomic mass is 10.1. The Kier molecular flexibility index (Phi) is 4.36. The SMILES string of the molecule is COC(C)(C)CCOc1ccc(N)c(C#N)c1. The van der Waals surface area contributed by atoms with Crippen molar-refractivity contribution in [3.05, 3.63) is 23.8 Å². The molecule has 1 rings (SSSR count). The van der Waals surface area contributed by atoms with Crippen LogP contribution in [0.25, 0.3) is 0 Å². The van der Waals surface area contributed by atoms with E-state index in [0.717, 1.165) is 6.42 Å². The van der Waals surface area contributed by atoms with Crippen molar-refractivity contribution in [1.29, 1.82) is 5.26 Å². The number of nitrogens with two attached hydrogens (primary N) is 1. The summed E-state index contributed by atoms with van der Waals surface area (Å²) in [6.45, 7) is 4.54. The van der Waals surface area contributed by atoms with Crippen LogP contribution in [0.3, 0.4) is 0 Å². The molecule has 0 atom stereocenters. The van der Waals surface area contributed by atoms with Gasteiger partial charge in [-0.2, -0.15) is 5.26 Å². The fourth-order valence-electron chi connectivity index (χ4n) is 1.24. The van der Waals surface area contributed by atoms with Gasteiger partial charge in [0.1, 0.15) is 11.8 Å². The number of hydrogen-bond acceptors (Lipinski definition) is 4. The van der Waals surface area contributed by atoms with Crippen molar-refractivity contribution in [1.82, 2.24) is 0 Å². The van der Waals surface area contributed by atoms with Crippen LogP contribution >= 0.6 is 0 Å². The number of nitriles is 1. The molecule has 0 amide bonds. The highest BCUT2D eigenvalue weighted by atomic mass is 16.5. The van der Waals surface area contributed by atoms with Gasteiger partial charge in [0.25, 0.3) is 0 Å². The first-order valence-corrected chi connectivity index (χ1v) is 5.46. The van der Waals surface area contributed by atoms with Gasteiger partial charge in [-0.05, 0) is 32.0 Å². The summed E-state index contributed by atoms with van der Waals surface area (Å²) in [5.74, 6) is 0.655. The predicted molar refractivity (Wildman–Crippen MR) is 66.8 cm³/mol. The van der Waals surface area contributed by atoms with E-state index >= 15 is 0 Å². The third-order valence-corrected chi connectivity index (χ3v) is 2.67. The van der Waals surface area contributed by atoms with E-state index in [1.807, 2.05) is 19.9 Å². The zero-order valence-electron chi connectivity index (χ0n) is 10.5. The maximum atomic E-state index is 8.83. The van der Waals surface area contributed by atoms with E-state index in [0.29, 0.717) is 23.6 Å². The summed E-state index contributed by atoms with van der Waals surface area (Å²) in [5.41, 5.74) is 6.33. The standard InChI is InChI=1S/C13H18N2O2/c1-13(2,16-3)6-7-17-11-4-5-12(15)10(8-11)9-14/h4-5,8H,6-7,15H2,1-3H3. The molecule has 0 saturated carbocycles. The van der Waals surface area contributed by atoms with Crippen molar-refractivity contribution in [2.24, 2.45) is 0 Å². The van der Waals surface area contributed by atoms with Crippen LogP contribution in [-0.2, 0) is 4.74 Å². The van der Waals surface area contributed by atoms with Gasteiger partial charge in [0.2, 0.25) is 0 Å². The average Bonchev–Trinajstić information content (AvgIpc) is 2.31. The Balaban J connectivity index is 2.56. The van der Waals surface area contributed by atoms with Crippen LogP contribution in [-0.4, -0.2) is 19.3 Å². The lowest BCUT2D eigenvalue weighted by Crippen LogP contribution is -2.25. The smallest absolute Gasteiger partial charge is 0.120 e. The van der Waals surface area contributed by atoms with Crippen molar-refractivity contribution in [3.63, 3.8) is 0 Å². The number of nitrogen functional groups attached to an aromatic ring is 1. The molecule has 2 N–H and O–H groups in total. The van der Waals surface area contributed by atoms with Gasteiger partial charge in [-0.1, -0.05) is 0 Å².